The van der Waals surface area contributed by atoms with Crippen molar-refractivity contribution >= 4 is 14.3 Å². The zero-order valence-corrected chi connectivity index (χ0v) is 12.2. The Labute approximate surface area is 103 Å². The number of carboxylic acids is 1. The maximum Gasteiger partial charge on any atom is 0.323 e. The van der Waals surface area contributed by atoms with Gasteiger partial charge >= 0.3 is 5.97 Å². The van der Waals surface area contributed by atoms with E-state index in [1.807, 2.05) is 0 Å². The largest absolute Gasteiger partial charge is 0.480 e. The van der Waals surface area contributed by atoms with E-state index >= 15 is 0 Å². The monoisotopic (exact) mass is 261 g/mol. The number of hydroxylamine groups is 2. The van der Waals surface area contributed by atoms with Crippen LogP contribution in [0.2, 0.25) is 18.1 Å². The van der Waals surface area contributed by atoms with Crippen LogP contribution >= 0.6 is 0 Å². The average molecular weight is 261 g/mol. The van der Waals surface area contributed by atoms with E-state index in [4.69, 9.17) is 9.53 Å². The lowest BCUT2D eigenvalue weighted by molar-refractivity contribution is -0.161. The fourth-order valence-corrected chi connectivity index (χ4v) is 3.05. The number of aliphatic carboxylic acids is 1. The first kappa shape index (κ1) is 14.6. The fourth-order valence-electron chi connectivity index (χ4n) is 1.69. The molecule has 0 amide bonds. The minimum Gasteiger partial charge on any atom is -0.480 e. The van der Waals surface area contributed by atoms with Crippen LogP contribution in [0.3, 0.4) is 0 Å². The van der Waals surface area contributed by atoms with Crippen molar-refractivity contribution < 1.29 is 19.5 Å². The SMILES string of the molecule is CC(C)(C)[Si](C)(C)O[C@@H]1C[C@@H](C(=O)O)N(O)C1. The highest BCUT2D eigenvalue weighted by Gasteiger charge is 2.44. The zero-order chi connectivity index (χ0) is 13.4. The van der Waals surface area contributed by atoms with Crippen LogP contribution in [0.1, 0.15) is 27.2 Å². The van der Waals surface area contributed by atoms with E-state index in [0.29, 0.717) is 6.42 Å². The quantitative estimate of drug-likeness (QED) is 0.760. The predicted octanol–water partition coefficient (Wildman–Crippen LogP) is 1.92. The predicted molar refractivity (Wildman–Crippen MR) is 66.6 cm³/mol. The van der Waals surface area contributed by atoms with Gasteiger partial charge in [-0.1, -0.05) is 20.8 Å². The molecule has 0 saturated carbocycles. The minimum atomic E-state index is -1.89. The summed E-state index contributed by atoms with van der Waals surface area (Å²) in [7, 11) is -1.89. The van der Waals surface area contributed by atoms with Crippen molar-refractivity contribution in [2.24, 2.45) is 0 Å². The molecule has 1 aliphatic rings. The fraction of sp³-hybridized carbons (Fsp3) is 0.909. The highest BCUT2D eigenvalue weighted by atomic mass is 28.4. The molecule has 1 rings (SSSR count). The van der Waals surface area contributed by atoms with E-state index in [2.05, 4.69) is 33.9 Å². The molecule has 1 heterocycles. The van der Waals surface area contributed by atoms with E-state index in [1.165, 1.54) is 0 Å². The number of nitrogens with zero attached hydrogens (tertiary/aromatic N) is 1. The maximum atomic E-state index is 10.9. The molecule has 100 valence electrons. The summed E-state index contributed by atoms with van der Waals surface area (Å²) in [5.74, 6) is -0.992. The van der Waals surface area contributed by atoms with Crippen LogP contribution in [-0.4, -0.2) is 48.4 Å². The Hall–Kier alpha value is -0.433. The lowest BCUT2D eigenvalue weighted by Crippen LogP contribution is -2.44. The Morgan fingerprint density at radius 3 is 2.29 bits per heavy atom. The topological polar surface area (TPSA) is 70.0 Å². The Morgan fingerprint density at radius 1 is 1.41 bits per heavy atom. The number of hydrogen-bond acceptors (Lipinski definition) is 4. The van der Waals surface area contributed by atoms with Gasteiger partial charge in [-0.2, -0.15) is 5.06 Å². The molecule has 2 atom stereocenters. The van der Waals surface area contributed by atoms with Crippen molar-refractivity contribution in [3.63, 3.8) is 0 Å². The Bertz CT molecular complexity index is 300. The summed E-state index contributed by atoms with van der Waals surface area (Å²) in [6, 6.07) is -0.829. The van der Waals surface area contributed by atoms with Gasteiger partial charge in [-0.3, -0.25) is 4.79 Å². The molecule has 1 aliphatic heterocycles. The normalized spacial score (nSPS) is 27.4. The van der Waals surface area contributed by atoms with Crippen molar-refractivity contribution in [1.29, 1.82) is 0 Å². The van der Waals surface area contributed by atoms with Gasteiger partial charge in [0, 0.05) is 13.0 Å². The molecule has 0 aliphatic carbocycles. The summed E-state index contributed by atoms with van der Waals surface area (Å²) < 4.78 is 6.09. The number of carbonyl (C=O) groups is 1. The van der Waals surface area contributed by atoms with E-state index < -0.39 is 20.3 Å². The van der Waals surface area contributed by atoms with Crippen LogP contribution in [0.25, 0.3) is 0 Å². The first-order chi connectivity index (χ1) is 7.54. The van der Waals surface area contributed by atoms with E-state index in [-0.39, 0.29) is 17.7 Å². The summed E-state index contributed by atoms with van der Waals surface area (Å²) in [6.07, 6.45) is 0.181. The van der Waals surface area contributed by atoms with Gasteiger partial charge in [0.2, 0.25) is 0 Å². The molecule has 17 heavy (non-hydrogen) atoms. The standard InChI is InChI=1S/C11H23NO4Si/c1-11(2,3)17(4,5)16-8-6-9(10(13)14)12(15)7-8/h8-9,15H,6-7H2,1-5H3,(H,13,14)/t8-,9+/m1/s1. The van der Waals surface area contributed by atoms with Gasteiger partial charge < -0.3 is 14.7 Å². The molecule has 0 aromatic rings. The molecule has 1 fully saturated rings. The van der Waals surface area contributed by atoms with Crippen LogP contribution in [0.15, 0.2) is 0 Å². The highest BCUT2D eigenvalue weighted by molar-refractivity contribution is 6.74. The van der Waals surface area contributed by atoms with E-state index in [1.54, 1.807) is 0 Å². The van der Waals surface area contributed by atoms with Gasteiger partial charge in [-0.05, 0) is 18.1 Å². The van der Waals surface area contributed by atoms with Crippen molar-refractivity contribution in [3.8, 4) is 0 Å². The molecule has 0 radical (unpaired) electrons. The molecule has 2 N–H and O–H groups in total. The maximum absolute atomic E-state index is 10.9. The van der Waals surface area contributed by atoms with Gasteiger partial charge in [0.05, 0.1) is 6.10 Å². The molecule has 5 nitrogen and oxygen atoms in total. The molecule has 0 aromatic heterocycles. The molecule has 0 unspecified atom stereocenters. The molecule has 1 saturated heterocycles. The smallest absolute Gasteiger partial charge is 0.323 e. The Kier molecular flexibility index (Phi) is 4.03. The third kappa shape index (κ3) is 3.28. The molecular weight excluding hydrogens is 238 g/mol. The van der Waals surface area contributed by atoms with Crippen LogP contribution in [-0.2, 0) is 9.22 Å². The minimum absolute atomic E-state index is 0.0919. The van der Waals surface area contributed by atoms with Crippen LogP contribution < -0.4 is 0 Å². The first-order valence-electron chi connectivity index (χ1n) is 5.91. The second-order valence-electron chi connectivity index (χ2n) is 6.21. The van der Waals surface area contributed by atoms with Crippen molar-refractivity contribution in [3.05, 3.63) is 0 Å². The van der Waals surface area contributed by atoms with E-state index in [9.17, 15) is 10.0 Å². The van der Waals surface area contributed by atoms with Gasteiger partial charge in [0.15, 0.2) is 8.32 Å². The molecule has 0 aromatic carbocycles. The first-order valence-corrected chi connectivity index (χ1v) is 8.81. The van der Waals surface area contributed by atoms with Crippen LogP contribution in [0.5, 0.6) is 0 Å². The van der Waals surface area contributed by atoms with Gasteiger partial charge in [-0.15, -0.1) is 0 Å². The number of hydrogen-bond donors (Lipinski definition) is 2. The van der Waals surface area contributed by atoms with Crippen molar-refractivity contribution in [1.82, 2.24) is 5.06 Å². The van der Waals surface area contributed by atoms with Gasteiger partial charge in [0.1, 0.15) is 6.04 Å². The van der Waals surface area contributed by atoms with Crippen molar-refractivity contribution in [2.45, 2.75) is 57.5 Å². The van der Waals surface area contributed by atoms with Crippen LogP contribution in [0, 0.1) is 0 Å². The lowest BCUT2D eigenvalue weighted by Gasteiger charge is -2.38. The molecule has 0 bridgehead atoms. The zero-order valence-electron chi connectivity index (χ0n) is 11.2. The molecule has 6 heteroatoms. The highest BCUT2D eigenvalue weighted by Crippen LogP contribution is 2.38. The second kappa shape index (κ2) is 4.68. The summed E-state index contributed by atoms with van der Waals surface area (Å²) in [5, 5.41) is 19.4. The second-order valence-corrected chi connectivity index (χ2v) is 11.0. The van der Waals surface area contributed by atoms with Crippen molar-refractivity contribution in [2.75, 3.05) is 6.54 Å². The van der Waals surface area contributed by atoms with Gasteiger partial charge in [-0.25, -0.2) is 0 Å². The summed E-state index contributed by atoms with van der Waals surface area (Å²) in [4.78, 5) is 10.9. The van der Waals surface area contributed by atoms with Crippen LogP contribution in [0.4, 0.5) is 0 Å². The summed E-state index contributed by atoms with van der Waals surface area (Å²) >= 11 is 0. The van der Waals surface area contributed by atoms with E-state index in [0.717, 1.165) is 5.06 Å². The van der Waals surface area contributed by atoms with Gasteiger partial charge in [0.25, 0.3) is 0 Å². The summed E-state index contributed by atoms with van der Waals surface area (Å²) in [5.41, 5.74) is 0. The third-order valence-electron chi connectivity index (χ3n) is 3.79. The Morgan fingerprint density at radius 2 is 1.94 bits per heavy atom. The number of carboxylic acid groups (broad SMARTS) is 1. The number of rotatable bonds is 3. The lowest BCUT2D eigenvalue weighted by atomic mass is 10.2. The summed E-state index contributed by atoms with van der Waals surface area (Å²) in [6.45, 7) is 11.0. The Balaban J connectivity index is 2.64. The molecular formula is C11H23NO4Si. The third-order valence-corrected chi connectivity index (χ3v) is 8.32. The average Bonchev–Trinajstić information content (AvgIpc) is 2.43. The molecule has 0 spiro atoms.